The highest BCUT2D eigenvalue weighted by molar-refractivity contribution is 14.1. The number of carbonyl (C=O) groups excluding carboxylic acids is 1. The van der Waals surface area contributed by atoms with Gasteiger partial charge in [0.1, 0.15) is 0 Å². The number of sulfonamides is 1. The van der Waals surface area contributed by atoms with Crippen LogP contribution in [0.2, 0.25) is 0 Å². The quantitative estimate of drug-likeness (QED) is 0.688. The summed E-state index contributed by atoms with van der Waals surface area (Å²) in [7, 11) is -3.81. The molecule has 1 amide bonds. The van der Waals surface area contributed by atoms with Crippen molar-refractivity contribution in [1.29, 1.82) is 0 Å². The fraction of sp³-hybridized carbons (Fsp3) is 0.333. The Morgan fingerprint density at radius 3 is 2.71 bits per heavy atom. The van der Waals surface area contributed by atoms with Crippen LogP contribution in [0.3, 0.4) is 0 Å². The number of amides is 1. The van der Waals surface area contributed by atoms with Gasteiger partial charge in [-0.1, -0.05) is 0 Å². The normalized spacial score (nSPS) is 17.1. The molecular weight excluding hydrogens is 411 g/mol. The summed E-state index contributed by atoms with van der Waals surface area (Å²) in [6, 6.07) is 3.99. The fourth-order valence-corrected chi connectivity index (χ4v) is 4.00. The Labute approximate surface area is 135 Å². The first-order valence-corrected chi connectivity index (χ1v) is 8.64. The van der Waals surface area contributed by atoms with E-state index in [1.165, 1.54) is 16.4 Å². The van der Waals surface area contributed by atoms with E-state index < -0.39 is 16.0 Å². The third-order valence-electron chi connectivity index (χ3n) is 3.08. The van der Waals surface area contributed by atoms with Crippen molar-refractivity contribution in [2.24, 2.45) is 0 Å². The second kappa shape index (κ2) is 6.28. The predicted octanol–water partition coefficient (Wildman–Crippen LogP) is 0.500. The Morgan fingerprint density at radius 2 is 2.05 bits per heavy atom. The minimum atomic E-state index is -3.81. The van der Waals surface area contributed by atoms with E-state index in [1.807, 2.05) is 22.6 Å². The minimum absolute atomic E-state index is 0.0549. The highest BCUT2D eigenvalue weighted by atomic mass is 127. The molecule has 7 nitrogen and oxygen atoms in total. The van der Waals surface area contributed by atoms with Crippen LogP contribution in [0, 0.1) is 3.57 Å². The zero-order valence-corrected chi connectivity index (χ0v) is 13.8. The lowest BCUT2D eigenvalue weighted by molar-refractivity contribution is -0.120. The van der Waals surface area contributed by atoms with Gasteiger partial charge >= 0.3 is 5.97 Å². The number of carboxylic acids is 1. The second-order valence-electron chi connectivity index (χ2n) is 4.45. The fourth-order valence-electron chi connectivity index (χ4n) is 1.96. The van der Waals surface area contributed by atoms with Crippen molar-refractivity contribution in [2.45, 2.75) is 11.3 Å². The molecule has 0 spiro atoms. The summed E-state index contributed by atoms with van der Waals surface area (Å²) in [5.74, 6) is -1.37. The van der Waals surface area contributed by atoms with Gasteiger partial charge in [-0.3, -0.25) is 4.79 Å². The summed E-state index contributed by atoms with van der Waals surface area (Å²) < 4.78 is 26.7. The monoisotopic (exact) mass is 424 g/mol. The van der Waals surface area contributed by atoms with Crippen LogP contribution < -0.4 is 5.32 Å². The predicted molar refractivity (Wildman–Crippen MR) is 82.5 cm³/mol. The third-order valence-corrected chi connectivity index (χ3v) is 5.91. The van der Waals surface area contributed by atoms with Gasteiger partial charge in [0, 0.05) is 29.6 Å². The number of carboxylic acid groups (broad SMARTS) is 1. The maximum atomic E-state index is 12.5. The lowest BCUT2D eigenvalue weighted by Gasteiger charge is -2.19. The minimum Gasteiger partial charge on any atom is -0.478 e. The van der Waals surface area contributed by atoms with E-state index in [0.29, 0.717) is 3.57 Å². The molecule has 1 aromatic rings. The molecule has 21 heavy (non-hydrogen) atoms. The molecule has 1 heterocycles. The lowest BCUT2D eigenvalue weighted by Crippen LogP contribution is -2.34. The molecule has 2 rings (SSSR count). The molecule has 1 aliphatic rings. The molecule has 0 aromatic heterocycles. The van der Waals surface area contributed by atoms with Crippen molar-refractivity contribution in [1.82, 2.24) is 9.62 Å². The van der Waals surface area contributed by atoms with Crippen LogP contribution in [0.15, 0.2) is 23.1 Å². The highest BCUT2D eigenvalue weighted by Gasteiger charge is 2.27. The van der Waals surface area contributed by atoms with Crippen LogP contribution in [-0.4, -0.2) is 49.3 Å². The number of rotatable bonds is 3. The van der Waals surface area contributed by atoms with E-state index in [9.17, 15) is 18.0 Å². The molecule has 0 atom stereocenters. The van der Waals surface area contributed by atoms with Crippen molar-refractivity contribution in [2.75, 3.05) is 19.6 Å². The smallest absolute Gasteiger partial charge is 0.336 e. The number of hydrogen-bond donors (Lipinski definition) is 2. The van der Waals surface area contributed by atoms with Crippen LogP contribution >= 0.6 is 22.6 Å². The van der Waals surface area contributed by atoms with E-state index in [2.05, 4.69) is 5.32 Å². The van der Waals surface area contributed by atoms with Gasteiger partial charge in [-0.2, -0.15) is 4.31 Å². The molecule has 2 N–H and O–H groups in total. The van der Waals surface area contributed by atoms with Crippen LogP contribution in [0.25, 0.3) is 0 Å². The Hall–Kier alpha value is -1.20. The standard InChI is InChI=1S/C12H13IN2O5S/c13-10-2-1-8(7-9(10)12(17)18)21(19,20)15-5-3-11(16)14-4-6-15/h1-2,7H,3-6H2,(H,14,16)(H,17,18). The number of halogens is 1. The summed E-state index contributed by atoms with van der Waals surface area (Å²) in [5.41, 5.74) is -0.0549. The van der Waals surface area contributed by atoms with Gasteiger partial charge in [-0.25, -0.2) is 13.2 Å². The van der Waals surface area contributed by atoms with Crippen LogP contribution in [0.5, 0.6) is 0 Å². The van der Waals surface area contributed by atoms with Crippen molar-refractivity contribution in [3.05, 3.63) is 27.3 Å². The first-order valence-electron chi connectivity index (χ1n) is 6.12. The number of aromatic carboxylic acids is 1. The van der Waals surface area contributed by atoms with E-state index >= 15 is 0 Å². The topological polar surface area (TPSA) is 104 Å². The average molecular weight is 424 g/mol. The molecule has 1 aliphatic heterocycles. The Balaban J connectivity index is 2.37. The molecule has 0 radical (unpaired) electrons. The molecule has 0 aliphatic carbocycles. The summed E-state index contributed by atoms with van der Waals surface area (Å²) in [4.78, 5) is 22.3. The van der Waals surface area contributed by atoms with Gasteiger partial charge in [-0.05, 0) is 40.8 Å². The number of nitrogens with one attached hydrogen (secondary N) is 1. The molecule has 9 heteroatoms. The molecule has 0 saturated carbocycles. The van der Waals surface area contributed by atoms with Gasteiger partial charge in [0.15, 0.2) is 0 Å². The number of hydrogen-bond acceptors (Lipinski definition) is 4. The Morgan fingerprint density at radius 1 is 1.33 bits per heavy atom. The summed E-state index contributed by atoms with van der Waals surface area (Å²) in [6.07, 6.45) is 0.0926. The second-order valence-corrected chi connectivity index (χ2v) is 7.55. The van der Waals surface area contributed by atoms with Crippen molar-refractivity contribution in [3.8, 4) is 0 Å². The van der Waals surface area contributed by atoms with Gasteiger partial charge in [0.25, 0.3) is 0 Å². The molecular formula is C12H13IN2O5S. The number of carbonyl (C=O) groups is 2. The highest BCUT2D eigenvalue weighted by Crippen LogP contribution is 2.21. The Bertz CT molecular complexity index is 689. The van der Waals surface area contributed by atoms with Gasteiger partial charge in [0.05, 0.1) is 10.5 Å². The van der Waals surface area contributed by atoms with E-state index in [-0.39, 0.29) is 42.4 Å². The molecule has 0 unspecified atom stereocenters. The molecule has 1 aromatic carbocycles. The van der Waals surface area contributed by atoms with Crippen LogP contribution in [-0.2, 0) is 14.8 Å². The molecule has 114 valence electrons. The SMILES string of the molecule is O=C1CCN(S(=O)(=O)c2ccc(I)c(C(=O)O)c2)CCN1. The van der Waals surface area contributed by atoms with E-state index in [0.717, 1.165) is 6.07 Å². The average Bonchev–Trinajstić information content (AvgIpc) is 2.63. The maximum absolute atomic E-state index is 12.5. The third kappa shape index (κ3) is 3.52. The first kappa shape index (κ1) is 16.2. The van der Waals surface area contributed by atoms with Gasteiger partial charge in [0.2, 0.25) is 15.9 Å². The van der Waals surface area contributed by atoms with Crippen molar-refractivity contribution < 1.29 is 23.1 Å². The van der Waals surface area contributed by atoms with Gasteiger partial charge in [-0.15, -0.1) is 0 Å². The van der Waals surface area contributed by atoms with Gasteiger partial charge < -0.3 is 10.4 Å². The number of benzene rings is 1. The number of nitrogens with zero attached hydrogens (tertiary/aromatic N) is 1. The first-order chi connectivity index (χ1) is 9.82. The lowest BCUT2D eigenvalue weighted by atomic mass is 10.2. The van der Waals surface area contributed by atoms with Crippen LogP contribution in [0.1, 0.15) is 16.8 Å². The summed E-state index contributed by atoms with van der Waals surface area (Å²) in [5, 5.41) is 11.7. The van der Waals surface area contributed by atoms with E-state index in [1.54, 1.807) is 0 Å². The summed E-state index contributed by atoms with van der Waals surface area (Å²) >= 11 is 1.84. The molecule has 0 bridgehead atoms. The van der Waals surface area contributed by atoms with Crippen molar-refractivity contribution >= 4 is 44.5 Å². The summed E-state index contributed by atoms with van der Waals surface area (Å²) in [6.45, 7) is 0.499. The van der Waals surface area contributed by atoms with Crippen molar-refractivity contribution in [3.63, 3.8) is 0 Å². The largest absolute Gasteiger partial charge is 0.478 e. The molecule has 1 fully saturated rings. The zero-order chi connectivity index (χ0) is 15.6. The van der Waals surface area contributed by atoms with Crippen LogP contribution in [0.4, 0.5) is 0 Å². The molecule has 1 saturated heterocycles. The maximum Gasteiger partial charge on any atom is 0.336 e. The Kier molecular flexibility index (Phi) is 4.84. The zero-order valence-electron chi connectivity index (χ0n) is 10.9. The van der Waals surface area contributed by atoms with E-state index in [4.69, 9.17) is 5.11 Å².